The van der Waals surface area contributed by atoms with Gasteiger partial charge in [0.25, 0.3) is 0 Å². The Morgan fingerprint density at radius 1 is 1.47 bits per heavy atom. The van der Waals surface area contributed by atoms with Gasteiger partial charge in [-0.15, -0.1) is 0 Å². The molecule has 1 N–H and O–H groups in total. The van der Waals surface area contributed by atoms with Crippen LogP contribution in [0.15, 0.2) is 6.20 Å². The van der Waals surface area contributed by atoms with Crippen LogP contribution in [0.25, 0.3) is 0 Å². The third kappa shape index (κ3) is 3.03. The van der Waals surface area contributed by atoms with Crippen LogP contribution in [-0.4, -0.2) is 28.6 Å². The summed E-state index contributed by atoms with van der Waals surface area (Å²) in [5.74, 6) is 0.498. The minimum absolute atomic E-state index is 0.117. The number of aryl methyl sites for hydroxylation is 1. The maximum Gasteiger partial charge on any atom is 0.169 e. The molecule has 0 spiro atoms. The van der Waals surface area contributed by atoms with E-state index in [9.17, 15) is 9.90 Å². The Balaban J connectivity index is 3.05. The van der Waals surface area contributed by atoms with Crippen LogP contribution in [0.2, 0.25) is 0 Å². The van der Waals surface area contributed by atoms with Gasteiger partial charge in [0.15, 0.2) is 5.78 Å². The summed E-state index contributed by atoms with van der Waals surface area (Å²) in [7, 11) is 1.59. The quantitative estimate of drug-likeness (QED) is 0.864. The molecule has 1 rings (SSSR count). The minimum Gasteiger partial charge on any atom is -0.496 e. The molecule has 0 aliphatic heterocycles. The number of ether oxygens (including phenoxy) is 1. The fourth-order valence-corrected chi connectivity index (χ4v) is 1.62. The average molecular weight is 237 g/mol. The van der Waals surface area contributed by atoms with Gasteiger partial charge in [-0.2, -0.15) is 0 Å². The number of hydrogen-bond donors (Lipinski definition) is 1. The molecule has 1 aromatic heterocycles. The second kappa shape index (κ2) is 4.84. The van der Waals surface area contributed by atoms with Crippen LogP contribution in [-0.2, 0) is 11.2 Å². The summed E-state index contributed by atoms with van der Waals surface area (Å²) in [6.45, 7) is 6.73. The highest BCUT2D eigenvalue weighted by molar-refractivity contribution is 5.88. The Morgan fingerprint density at radius 3 is 2.53 bits per heavy atom. The van der Waals surface area contributed by atoms with Crippen LogP contribution in [0.1, 0.15) is 30.7 Å². The molecule has 0 fully saturated rings. The number of aliphatic hydroxyl groups is 1. The minimum atomic E-state index is -1.33. The van der Waals surface area contributed by atoms with Gasteiger partial charge in [-0.3, -0.25) is 9.78 Å². The molecule has 17 heavy (non-hydrogen) atoms. The fourth-order valence-electron chi connectivity index (χ4n) is 1.62. The Labute approximate surface area is 102 Å². The van der Waals surface area contributed by atoms with Crippen molar-refractivity contribution in [2.75, 3.05) is 7.11 Å². The molecule has 0 unspecified atom stereocenters. The van der Waals surface area contributed by atoms with E-state index in [4.69, 9.17) is 4.74 Å². The van der Waals surface area contributed by atoms with E-state index in [1.807, 2.05) is 13.8 Å². The van der Waals surface area contributed by atoms with Crippen LogP contribution >= 0.6 is 0 Å². The number of Topliss-reactive ketones (excluding diaryl/α,β-unsaturated/α-hetero) is 1. The first-order chi connectivity index (χ1) is 7.77. The van der Waals surface area contributed by atoms with Gasteiger partial charge in [0.1, 0.15) is 11.4 Å². The maximum absolute atomic E-state index is 11.7. The predicted molar refractivity (Wildman–Crippen MR) is 65.3 cm³/mol. The van der Waals surface area contributed by atoms with Crippen molar-refractivity contribution >= 4 is 5.78 Å². The van der Waals surface area contributed by atoms with Gasteiger partial charge in [-0.25, -0.2) is 0 Å². The van der Waals surface area contributed by atoms with E-state index in [-0.39, 0.29) is 12.2 Å². The van der Waals surface area contributed by atoms with E-state index in [1.54, 1.807) is 13.3 Å². The molecule has 1 aromatic rings. The summed E-state index contributed by atoms with van der Waals surface area (Å²) >= 11 is 0. The number of hydrogen-bond acceptors (Lipinski definition) is 4. The molecule has 1 heterocycles. The van der Waals surface area contributed by atoms with Crippen molar-refractivity contribution < 1.29 is 14.6 Å². The number of aromatic nitrogens is 1. The molecule has 0 atom stereocenters. The monoisotopic (exact) mass is 237 g/mol. The first-order valence-corrected chi connectivity index (χ1v) is 5.52. The molecule has 0 bridgehead atoms. The van der Waals surface area contributed by atoms with Crippen molar-refractivity contribution in [3.63, 3.8) is 0 Å². The van der Waals surface area contributed by atoms with Crippen LogP contribution in [0, 0.1) is 13.8 Å². The highest BCUT2D eigenvalue weighted by atomic mass is 16.5. The van der Waals surface area contributed by atoms with Crippen molar-refractivity contribution in [1.29, 1.82) is 0 Å². The van der Waals surface area contributed by atoms with Crippen LogP contribution in [0.4, 0.5) is 0 Å². The summed E-state index contributed by atoms with van der Waals surface area (Å²) in [5.41, 5.74) is 1.11. The highest BCUT2D eigenvalue weighted by Gasteiger charge is 2.25. The first-order valence-electron chi connectivity index (χ1n) is 5.52. The lowest BCUT2D eigenvalue weighted by atomic mass is 9.97. The Morgan fingerprint density at radius 2 is 2.06 bits per heavy atom. The fraction of sp³-hybridized carbons (Fsp3) is 0.538. The third-order valence-electron chi connectivity index (χ3n) is 2.76. The normalized spacial score (nSPS) is 11.4. The van der Waals surface area contributed by atoms with Gasteiger partial charge < -0.3 is 9.84 Å². The lowest BCUT2D eigenvalue weighted by molar-refractivity contribution is -0.133. The van der Waals surface area contributed by atoms with Gasteiger partial charge in [0.2, 0.25) is 0 Å². The van der Waals surface area contributed by atoms with Crippen molar-refractivity contribution in [1.82, 2.24) is 4.98 Å². The van der Waals surface area contributed by atoms with Crippen LogP contribution in [0.3, 0.4) is 0 Å². The molecule has 4 nitrogen and oxygen atoms in total. The molecule has 94 valence electrons. The average Bonchev–Trinajstić information content (AvgIpc) is 2.21. The molecule has 0 aliphatic rings. The van der Waals surface area contributed by atoms with Gasteiger partial charge in [0, 0.05) is 17.3 Å². The molecule has 0 saturated carbocycles. The standard InChI is InChI=1S/C13H19NO3/c1-8-7-14-10(9(2)12(8)17-5)6-11(15)13(3,4)16/h7,16H,6H2,1-5H3. The summed E-state index contributed by atoms with van der Waals surface area (Å²) in [6, 6.07) is 0. The van der Waals surface area contributed by atoms with Gasteiger partial charge in [-0.1, -0.05) is 0 Å². The SMILES string of the molecule is COc1c(C)cnc(CC(=O)C(C)(C)O)c1C. The summed E-state index contributed by atoms with van der Waals surface area (Å²) in [5, 5.41) is 9.61. The van der Waals surface area contributed by atoms with Gasteiger partial charge in [-0.05, 0) is 27.7 Å². The number of ketones is 1. The lowest BCUT2D eigenvalue weighted by Crippen LogP contribution is -2.33. The smallest absolute Gasteiger partial charge is 0.169 e. The molecule has 0 aromatic carbocycles. The van der Waals surface area contributed by atoms with Crippen LogP contribution < -0.4 is 4.74 Å². The van der Waals surface area contributed by atoms with Crippen molar-refractivity contribution in [2.45, 2.75) is 39.7 Å². The molecule has 0 radical (unpaired) electrons. The molecular formula is C13H19NO3. The third-order valence-corrected chi connectivity index (χ3v) is 2.76. The predicted octanol–water partition coefficient (Wildman–Crippen LogP) is 1.59. The van der Waals surface area contributed by atoms with E-state index >= 15 is 0 Å². The topological polar surface area (TPSA) is 59.4 Å². The number of nitrogens with zero attached hydrogens (tertiary/aromatic N) is 1. The van der Waals surface area contributed by atoms with E-state index < -0.39 is 5.60 Å². The van der Waals surface area contributed by atoms with Gasteiger partial charge >= 0.3 is 0 Å². The number of pyridine rings is 1. The maximum atomic E-state index is 11.7. The molecule has 4 heteroatoms. The summed E-state index contributed by atoms with van der Waals surface area (Å²) in [4.78, 5) is 16.0. The molecule has 0 amide bonds. The molecule has 0 saturated heterocycles. The lowest BCUT2D eigenvalue weighted by Gasteiger charge is -2.17. The highest BCUT2D eigenvalue weighted by Crippen LogP contribution is 2.24. The molecular weight excluding hydrogens is 218 g/mol. The zero-order valence-electron chi connectivity index (χ0n) is 11.0. The number of methoxy groups -OCH3 is 1. The summed E-state index contributed by atoms with van der Waals surface area (Å²) < 4.78 is 5.27. The van der Waals surface area contributed by atoms with Gasteiger partial charge in [0.05, 0.1) is 19.2 Å². The second-order valence-corrected chi connectivity index (χ2v) is 4.71. The Hall–Kier alpha value is -1.42. The van der Waals surface area contributed by atoms with Crippen molar-refractivity contribution in [3.8, 4) is 5.75 Å². The Bertz CT molecular complexity index is 433. The largest absolute Gasteiger partial charge is 0.496 e. The number of carbonyl (C=O) groups is 1. The van der Waals surface area contributed by atoms with E-state index in [1.165, 1.54) is 13.8 Å². The van der Waals surface area contributed by atoms with Crippen molar-refractivity contribution in [2.24, 2.45) is 0 Å². The number of rotatable bonds is 4. The second-order valence-electron chi connectivity index (χ2n) is 4.71. The van der Waals surface area contributed by atoms with E-state index in [0.29, 0.717) is 5.69 Å². The zero-order valence-corrected chi connectivity index (χ0v) is 11.0. The first kappa shape index (κ1) is 13.6. The zero-order chi connectivity index (χ0) is 13.2. The van der Waals surface area contributed by atoms with Crippen molar-refractivity contribution in [3.05, 3.63) is 23.0 Å². The van der Waals surface area contributed by atoms with E-state index in [0.717, 1.165) is 16.9 Å². The Kier molecular flexibility index (Phi) is 3.88. The summed E-state index contributed by atoms with van der Waals surface area (Å²) in [6.07, 6.45) is 1.80. The number of carbonyl (C=O) groups excluding carboxylic acids is 1. The molecule has 0 aliphatic carbocycles. The van der Waals surface area contributed by atoms with E-state index in [2.05, 4.69) is 4.98 Å². The van der Waals surface area contributed by atoms with Crippen LogP contribution in [0.5, 0.6) is 5.75 Å².